The van der Waals surface area contributed by atoms with E-state index in [1.165, 1.54) is 12.1 Å². The zero-order chi connectivity index (χ0) is 15.5. The van der Waals surface area contributed by atoms with Crippen LogP contribution >= 0.6 is 0 Å². The van der Waals surface area contributed by atoms with Crippen molar-refractivity contribution in [2.45, 2.75) is 31.3 Å². The van der Waals surface area contributed by atoms with Crippen molar-refractivity contribution in [3.05, 3.63) is 41.5 Å². The molecule has 1 heterocycles. The van der Waals surface area contributed by atoms with Gasteiger partial charge in [0.05, 0.1) is 11.0 Å². The van der Waals surface area contributed by atoms with Crippen LogP contribution in [0.5, 0.6) is 0 Å². The normalized spacial score (nSPS) is 13.3. The fourth-order valence-corrected chi connectivity index (χ4v) is 2.78. The number of nitrogens with zero attached hydrogens (tertiary/aromatic N) is 2. The molecule has 1 aromatic carbocycles. The van der Waals surface area contributed by atoms with E-state index in [2.05, 4.69) is 14.9 Å². The van der Waals surface area contributed by atoms with Gasteiger partial charge in [0.15, 0.2) is 5.82 Å². The SMILES string of the molecule is Cc1nc(CCNS(=O)(=O)c2ccc(C(C)O)cc2)no1. The quantitative estimate of drug-likeness (QED) is 0.823. The van der Waals surface area contributed by atoms with E-state index in [1.54, 1.807) is 26.0 Å². The molecule has 0 spiro atoms. The van der Waals surface area contributed by atoms with Gasteiger partial charge in [0.2, 0.25) is 15.9 Å². The highest BCUT2D eigenvalue weighted by molar-refractivity contribution is 7.89. The van der Waals surface area contributed by atoms with Crippen LogP contribution in [0.2, 0.25) is 0 Å². The lowest BCUT2D eigenvalue weighted by atomic mass is 10.1. The van der Waals surface area contributed by atoms with Crippen molar-refractivity contribution in [1.29, 1.82) is 0 Å². The lowest BCUT2D eigenvalue weighted by Crippen LogP contribution is -2.26. The van der Waals surface area contributed by atoms with Gasteiger partial charge < -0.3 is 9.63 Å². The van der Waals surface area contributed by atoms with Crippen LogP contribution in [0.4, 0.5) is 0 Å². The Morgan fingerprint density at radius 3 is 2.52 bits per heavy atom. The molecule has 0 fully saturated rings. The average molecular weight is 311 g/mol. The number of nitrogens with one attached hydrogen (secondary N) is 1. The van der Waals surface area contributed by atoms with Crippen LogP contribution in [0.25, 0.3) is 0 Å². The van der Waals surface area contributed by atoms with Crippen molar-refractivity contribution < 1.29 is 18.0 Å². The Kier molecular flexibility index (Phi) is 4.71. The maximum Gasteiger partial charge on any atom is 0.240 e. The molecule has 114 valence electrons. The third-order valence-electron chi connectivity index (χ3n) is 2.88. The third kappa shape index (κ3) is 4.10. The standard InChI is InChI=1S/C13H17N3O4S/c1-9(17)11-3-5-12(6-4-11)21(18,19)14-8-7-13-15-10(2)20-16-13/h3-6,9,14,17H,7-8H2,1-2H3. The van der Waals surface area contributed by atoms with E-state index in [1.807, 2.05) is 0 Å². The fourth-order valence-electron chi connectivity index (χ4n) is 1.75. The molecular weight excluding hydrogens is 294 g/mol. The number of rotatable bonds is 6. The van der Waals surface area contributed by atoms with Gasteiger partial charge in [-0.1, -0.05) is 17.3 Å². The summed E-state index contributed by atoms with van der Waals surface area (Å²) < 4.78 is 31.4. The minimum Gasteiger partial charge on any atom is -0.389 e. The van der Waals surface area contributed by atoms with E-state index in [0.717, 1.165) is 0 Å². The van der Waals surface area contributed by atoms with Gasteiger partial charge >= 0.3 is 0 Å². The van der Waals surface area contributed by atoms with Gasteiger partial charge in [0.25, 0.3) is 0 Å². The van der Waals surface area contributed by atoms with Crippen molar-refractivity contribution in [3.63, 3.8) is 0 Å². The van der Waals surface area contributed by atoms with Crippen LogP contribution < -0.4 is 4.72 Å². The lowest BCUT2D eigenvalue weighted by molar-refractivity contribution is 0.199. The summed E-state index contributed by atoms with van der Waals surface area (Å²) >= 11 is 0. The third-order valence-corrected chi connectivity index (χ3v) is 4.36. The van der Waals surface area contributed by atoms with Crippen LogP contribution in [0.15, 0.2) is 33.7 Å². The van der Waals surface area contributed by atoms with Crippen molar-refractivity contribution in [2.24, 2.45) is 0 Å². The Hall–Kier alpha value is -1.77. The zero-order valence-electron chi connectivity index (χ0n) is 11.8. The molecule has 0 saturated carbocycles. The van der Waals surface area contributed by atoms with Gasteiger partial charge in [-0.25, -0.2) is 13.1 Å². The Morgan fingerprint density at radius 2 is 2.00 bits per heavy atom. The van der Waals surface area contributed by atoms with E-state index in [-0.39, 0.29) is 11.4 Å². The van der Waals surface area contributed by atoms with E-state index < -0.39 is 16.1 Å². The van der Waals surface area contributed by atoms with Gasteiger partial charge in [0, 0.05) is 19.9 Å². The van der Waals surface area contributed by atoms with Crippen LogP contribution in [0, 0.1) is 6.92 Å². The fraction of sp³-hybridized carbons (Fsp3) is 0.385. The van der Waals surface area contributed by atoms with Crippen LogP contribution in [0.3, 0.4) is 0 Å². The molecule has 0 amide bonds. The van der Waals surface area contributed by atoms with Crippen molar-refractivity contribution in [3.8, 4) is 0 Å². The molecule has 0 radical (unpaired) electrons. The number of aliphatic hydroxyl groups is 1. The minimum atomic E-state index is -3.58. The first-order chi connectivity index (χ1) is 9.88. The van der Waals surface area contributed by atoms with Gasteiger partial charge in [0.1, 0.15) is 0 Å². The average Bonchev–Trinajstić information content (AvgIpc) is 2.84. The Balaban J connectivity index is 1.97. The first-order valence-electron chi connectivity index (χ1n) is 6.45. The summed E-state index contributed by atoms with van der Waals surface area (Å²) in [6, 6.07) is 6.09. The molecule has 0 aliphatic rings. The second kappa shape index (κ2) is 6.33. The molecule has 1 aromatic heterocycles. The summed E-state index contributed by atoms with van der Waals surface area (Å²) in [6.07, 6.45) is -0.279. The Morgan fingerprint density at radius 1 is 1.33 bits per heavy atom. The van der Waals surface area contributed by atoms with E-state index in [0.29, 0.717) is 23.7 Å². The number of aliphatic hydroxyl groups excluding tert-OH is 1. The van der Waals surface area contributed by atoms with Crippen molar-refractivity contribution in [1.82, 2.24) is 14.9 Å². The molecule has 2 aromatic rings. The highest BCUT2D eigenvalue weighted by Crippen LogP contribution is 2.15. The Bertz CT molecular complexity index is 692. The molecule has 1 unspecified atom stereocenters. The Labute approximate surface area is 123 Å². The van der Waals surface area contributed by atoms with Gasteiger partial charge in [-0.05, 0) is 24.6 Å². The number of aromatic nitrogens is 2. The summed E-state index contributed by atoms with van der Waals surface area (Å²) in [7, 11) is -3.58. The predicted octanol–water partition coefficient (Wildman–Crippen LogP) is 0.952. The smallest absolute Gasteiger partial charge is 0.240 e. The lowest BCUT2D eigenvalue weighted by Gasteiger charge is -2.08. The van der Waals surface area contributed by atoms with Crippen LogP contribution in [-0.2, 0) is 16.4 Å². The topological polar surface area (TPSA) is 105 Å². The van der Waals surface area contributed by atoms with Gasteiger partial charge in [-0.15, -0.1) is 0 Å². The minimum absolute atomic E-state index is 0.149. The summed E-state index contributed by atoms with van der Waals surface area (Å²) in [5.41, 5.74) is 0.663. The van der Waals surface area contributed by atoms with E-state index >= 15 is 0 Å². The first-order valence-corrected chi connectivity index (χ1v) is 7.93. The van der Waals surface area contributed by atoms with Crippen LogP contribution in [0.1, 0.15) is 30.3 Å². The number of benzene rings is 1. The second-order valence-electron chi connectivity index (χ2n) is 4.62. The number of aryl methyl sites for hydroxylation is 1. The number of sulfonamides is 1. The molecule has 2 N–H and O–H groups in total. The molecule has 0 bridgehead atoms. The molecule has 2 rings (SSSR count). The molecule has 0 saturated heterocycles. The maximum atomic E-state index is 12.1. The highest BCUT2D eigenvalue weighted by Gasteiger charge is 2.14. The number of hydrogen-bond acceptors (Lipinski definition) is 6. The van der Waals surface area contributed by atoms with Crippen molar-refractivity contribution >= 4 is 10.0 Å². The monoisotopic (exact) mass is 311 g/mol. The number of hydrogen-bond donors (Lipinski definition) is 2. The summed E-state index contributed by atoms with van der Waals surface area (Å²) in [5, 5.41) is 13.1. The summed E-state index contributed by atoms with van der Waals surface area (Å²) in [6.45, 7) is 3.47. The predicted molar refractivity (Wildman–Crippen MR) is 75.0 cm³/mol. The summed E-state index contributed by atoms with van der Waals surface area (Å²) in [5.74, 6) is 0.904. The molecule has 0 aliphatic heterocycles. The molecule has 1 atom stereocenters. The van der Waals surface area contributed by atoms with E-state index in [9.17, 15) is 13.5 Å². The molecule has 7 nitrogen and oxygen atoms in total. The molecule has 8 heteroatoms. The summed E-state index contributed by atoms with van der Waals surface area (Å²) in [4.78, 5) is 4.14. The van der Waals surface area contributed by atoms with Gasteiger partial charge in [-0.2, -0.15) is 4.98 Å². The van der Waals surface area contributed by atoms with Crippen molar-refractivity contribution in [2.75, 3.05) is 6.54 Å². The zero-order valence-corrected chi connectivity index (χ0v) is 12.6. The highest BCUT2D eigenvalue weighted by atomic mass is 32.2. The van der Waals surface area contributed by atoms with Gasteiger partial charge in [-0.3, -0.25) is 0 Å². The maximum absolute atomic E-state index is 12.1. The molecule has 0 aliphatic carbocycles. The largest absolute Gasteiger partial charge is 0.389 e. The molecule has 21 heavy (non-hydrogen) atoms. The first kappa shape index (κ1) is 15.6. The molecular formula is C13H17N3O4S. The van der Waals surface area contributed by atoms with E-state index in [4.69, 9.17) is 4.52 Å². The second-order valence-corrected chi connectivity index (χ2v) is 6.39. The van der Waals surface area contributed by atoms with Crippen LogP contribution in [-0.4, -0.2) is 30.2 Å².